The van der Waals surface area contributed by atoms with Gasteiger partial charge < -0.3 is 5.32 Å². The van der Waals surface area contributed by atoms with Crippen molar-refractivity contribution in [2.24, 2.45) is 0 Å². The molecule has 3 rings (SSSR count). The van der Waals surface area contributed by atoms with Crippen LogP contribution in [0, 0.1) is 0 Å². The summed E-state index contributed by atoms with van der Waals surface area (Å²) in [7, 11) is 0. The topological polar surface area (TPSA) is 76.9 Å². The molecule has 0 fully saturated rings. The van der Waals surface area contributed by atoms with Crippen LogP contribution in [0.1, 0.15) is 42.2 Å². The number of aryl methyl sites for hydroxylation is 1. The van der Waals surface area contributed by atoms with Gasteiger partial charge in [0.2, 0.25) is 0 Å². The van der Waals surface area contributed by atoms with Crippen molar-refractivity contribution in [3.63, 3.8) is 0 Å². The first-order valence-electron chi connectivity index (χ1n) is 9.37. The maximum atomic E-state index is 12.7. The number of nitrogens with zero attached hydrogens (tertiary/aromatic N) is 3. The molecule has 27 heavy (non-hydrogen) atoms. The van der Waals surface area contributed by atoms with E-state index in [-0.39, 0.29) is 11.5 Å². The molecular formula is C21H24N4O2. The van der Waals surface area contributed by atoms with Crippen molar-refractivity contribution in [2.45, 2.75) is 39.2 Å². The zero-order chi connectivity index (χ0) is 19.1. The Balaban J connectivity index is 1.82. The van der Waals surface area contributed by atoms with Gasteiger partial charge in [-0.15, -0.1) is 0 Å². The highest BCUT2D eigenvalue weighted by Gasteiger charge is 2.16. The summed E-state index contributed by atoms with van der Waals surface area (Å²) in [6, 6.07) is 11.0. The summed E-state index contributed by atoms with van der Waals surface area (Å²) in [5.74, 6) is -0.265. The standard InChI is InChI=1S/C21H24N4O2/c1-2-3-6-14-25-21(27)18-10-5-4-9-17(18)19(24-25)20(26)23-13-11-16-8-7-12-22-15-16/h4-5,7-10,12,15H,2-3,6,11,13-14H2,1H3,(H,23,26). The van der Waals surface area contributed by atoms with Crippen LogP contribution in [0.25, 0.3) is 10.8 Å². The third-order valence-corrected chi connectivity index (χ3v) is 4.48. The lowest BCUT2D eigenvalue weighted by Crippen LogP contribution is -2.31. The molecule has 0 atom stereocenters. The van der Waals surface area contributed by atoms with Crippen LogP contribution >= 0.6 is 0 Å². The largest absolute Gasteiger partial charge is 0.350 e. The molecule has 0 saturated heterocycles. The summed E-state index contributed by atoms with van der Waals surface area (Å²) < 4.78 is 1.42. The van der Waals surface area contributed by atoms with Crippen LogP contribution in [-0.2, 0) is 13.0 Å². The lowest BCUT2D eigenvalue weighted by Gasteiger charge is -2.11. The maximum Gasteiger partial charge on any atom is 0.274 e. The number of pyridine rings is 1. The van der Waals surface area contributed by atoms with Gasteiger partial charge in [-0.3, -0.25) is 14.6 Å². The second kappa shape index (κ2) is 9.07. The van der Waals surface area contributed by atoms with Crippen molar-refractivity contribution >= 4 is 16.7 Å². The molecular weight excluding hydrogens is 340 g/mol. The van der Waals surface area contributed by atoms with Crippen LogP contribution in [-0.4, -0.2) is 27.2 Å². The molecule has 2 heterocycles. The number of carbonyl (C=O) groups excluding carboxylic acids is 1. The van der Waals surface area contributed by atoms with E-state index in [0.717, 1.165) is 24.8 Å². The molecule has 0 spiro atoms. The van der Waals surface area contributed by atoms with Gasteiger partial charge in [0.1, 0.15) is 0 Å². The summed E-state index contributed by atoms with van der Waals surface area (Å²) in [6.07, 6.45) is 7.14. The number of nitrogens with one attached hydrogen (secondary N) is 1. The summed E-state index contributed by atoms with van der Waals surface area (Å²) in [4.78, 5) is 29.5. The fourth-order valence-electron chi connectivity index (χ4n) is 3.02. The van der Waals surface area contributed by atoms with Gasteiger partial charge >= 0.3 is 0 Å². The van der Waals surface area contributed by atoms with Crippen LogP contribution in [0.3, 0.4) is 0 Å². The number of fused-ring (bicyclic) bond motifs is 1. The molecule has 2 aromatic heterocycles. The van der Waals surface area contributed by atoms with E-state index in [1.807, 2.05) is 24.3 Å². The monoisotopic (exact) mass is 364 g/mol. The number of benzene rings is 1. The van der Waals surface area contributed by atoms with Crippen molar-refractivity contribution in [3.8, 4) is 0 Å². The summed E-state index contributed by atoms with van der Waals surface area (Å²) in [5, 5.41) is 8.41. The lowest BCUT2D eigenvalue weighted by atomic mass is 10.1. The zero-order valence-electron chi connectivity index (χ0n) is 15.5. The van der Waals surface area contributed by atoms with Crippen LogP contribution in [0.4, 0.5) is 0 Å². The third kappa shape index (κ3) is 4.58. The van der Waals surface area contributed by atoms with Crippen LogP contribution in [0.15, 0.2) is 53.6 Å². The van der Waals surface area contributed by atoms with Gasteiger partial charge in [0, 0.05) is 30.9 Å². The van der Waals surface area contributed by atoms with E-state index in [0.29, 0.717) is 36.0 Å². The Hall–Kier alpha value is -3.02. The molecule has 140 valence electrons. The van der Waals surface area contributed by atoms with E-state index in [2.05, 4.69) is 22.3 Å². The Morgan fingerprint density at radius 2 is 1.93 bits per heavy atom. The fraction of sp³-hybridized carbons (Fsp3) is 0.333. The van der Waals surface area contributed by atoms with Crippen LogP contribution in [0.2, 0.25) is 0 Å². The van der Waals surface area contributed by atoms with Crippen molar-refractivity contribution in [3.05, 3.63) is 70.4 Å². The average Bonchev–Trinajstić information content (AvgIpc) is 2.70. The van der Waals surface area contributed by atoms with Gasteiger partial charge in [0.25, 0.3) is 11.5 Å². The van der Waals surface area contributed by atoms with E-state index >= 15 is 0 Å². The number of hydrogen-bond donors (Lipinski definition) is 1. The maximum absolute atomic E-state index is 12.7. The quantitative estimate of drug-likeness (QED) is 0.624. The highest BCUT2D eigenvalue weighted by atomic mass is 16.2. The second-order valence-corrected chi connectivity index (χ2v) is 6.50. The molecule has 6 nitrogen and oxygen atoms in total. The number of aromatic nitrogens is 3. The van der Waals surface area contributed by atoms with Crippen molar-refractivity contribution in [1.29, 1.82) is 0 Å². The van der Waals surface area contributed by atoms with Gasteiger partial charge in [-0.05, 0) is 30.5 Å². The van der Waals surface area contributed by atoms with Gasteiger partial charge in [0.15, 0.2) is 5.69 Å². The Morgan fingerprint density at radius 1 is 1.11 bits per heavy atom. The Kier molecular flexibility index (Phi) is 6.30. The predicted molar refractivity (Wildman–Crippen MR) is 106 cm³/mol. The SMILES string of the molecule is CCCCCn1nc(C(=O)NCCc2cccnc2)c2ccccc2c1=O. The molecule has 3 aromatic rings. The van der Waals surface area contributed by atoms with Gasteiger partial charge in [-0.25, -0.2) is 4.68 Å². The van der Waals surface area contributed by atoms with Crippen LogP contribution < -0.4 is 10.9 Å². The summed E-state index contributed by atoms with van der Waals surface area (Å²) >= 11 is 0. The number of hydrogen-bond acceptors (Lipinski definition) is 4. The molecule has 0 bridgehead atoms. The Bertz CT molecular complexity index is 967. The highest BCUT2D eigenvalue weighted by Crippen LogP contribution is 2.13. The molecule has 0 unspecified atom stereocenters. The molecule has 0 aliphatic carbocycles. The minimum absolute atomic E-state index is 0.145. The molecule has 0 aliphatic rings. The molecule has 0 radical (unpaired) electrons. The minimum atomic E-state index is -0.265. The number of rotatable bonds is 8. The number of carbonyl (C=O) groups is 1. The number of unbranched alkanes of at least 4 members (excludes halogenated alkanes) is 2. The molecule has 1 amide bonds. The van der Waals surface area contributed by atoms with E-state index in [1.54, 1.807) is 24.5 Å². The minimum Gasteiger partial charge on any atom is -0.350 e. The average molecular weight is 364 g/mol. The smallest absolute Gasteiger partial charge is 0.274 e. The first-order chi connectivity index (χ1) is 13.2. The molecule has 1 N–H and O–H groups in total. The zero-order valence-corrected chi connectivity index (χ0v) is 15.5. The molecule has 6 heteroatoms. The summed E-state index contributed by atoms with van der Waals surface area (Å²) in [6.45, 7) is 3.11. The molecule has 0 aliphatic heterocycles. The third-order valence-electron chi connectivity index (χ3n) is 4.48. The first-order valence-corrected chi connectivity index (χ1v) is 9.37. The Labute approximate surface area is 158 Å². The first kappa shape index (κ1) is 18.8. The van der Waals surface area contributed by atoms with Crippen molar-refractivity contribution < 1.29 is 4.79 Å². The van der Waals surface area contributed by atoms with E-state index in [1.165, 1.54) is 4.68 Å². The summed E-state index contributed by atoms with van der Waals surface area (Å²) in [5.41, 5.74) is 1.21. The van der Waals surface area contributed by atoms with E-state index in [4.69, 9.17) is 0 Å². The number of amides is 1. The van der Waals surface area contributed by atoms with E-state index < -0.39 is 0 Å². The van der Waals surface area contributed by atoms with Crippen molar-refractivity contribution in [1.82, 2.24) is 20.1 Å². The molecule has 0 saturated carbocycles. The van der Waals surface area contributed by atoms with Crippen LogP contribution in [0.5, 0.6) is 0 Å². The van der Waals surface area contributed by atoms with Gasteiger partial charge in [0.05, 0.1) is 5.39 Å². The van der Waals surface area contributed by atoms with Gasteiger partial charge in [-0.1, -0.05) is 44.0 Å². The van der Waals surface area contributed by atoms with Crippen molar-refractivity contribution in [2.75, 3.05) is 6.54 Å². The fourth-order valence-corrected chi connectivity index (χ4v) is 3.02. The highest BCUT2D eigenvalue weighted by molar-refractivity contribution is 6.04. The second-order valence-electron chi connectivity index (χ2n) is 6.50. The van der Waals surface area contributed by atoms with Gasteiger partial charge in [-0.2, -0.15) is 5.10 Å². The normalized spacial score (nSPS) is 10.9. The van der Waals surface area contributed by atoms with E-state index in [9.17, 15) is 9.59 Å². The lowest BCUT2D eigenvalue weighted by molar-refractivity contribution is 0.0948. The Morgan fingerprint density at radius 3 is 2.67 bits per heavy atom. The molecule has 1 aromatic carbocycles. The predicted octanol–water partition coefficient (Wildman–Crippen LogP) is 2.95.